The first-order chi connectivity index (χ1) is 25.6. The summed E-state index contributed by atoms with van der Waals surface area (Å²) < 4.78 is 7.09. The molecule has 2 aliphatic rings. The largest absolute Gasteiger partial charge is 0.455 e. The summed E-state index contributed by atoms with van der Waals surface area (Å²) in [6.45, 7) is 13.7. The van der Waals surface area contributed by atoms with Gasteiger partial charge < -0.3 is 9.32 Å². The lowest BCUT2D eigenvalue weighted by Gasteiger charge is -2.33. The second kappa shape index (κ2) is 11.1. The van der Waals surface area contributed by atoms with Gasteiger partial charge >= 0.3 is 0 Å². The van der Waals surface area contributed by atoms with Crippen LogP contribution >= 0.6 is 0 Å². The van der Waals surface area contributed by atoms with E-state index in [9.17, 15) is 0 Å². The topological polar surface area (TPSA) is 16.4 Å². The summed E-state index contributed by atoms with van der Waals surface area (Å²) in [4.78, 5) is 2.47. The maximum atomic E-state index is 7.09. The Morgan fingerprint density at radius 3 is 1.45 bits per heavy atom. The van der Waals surface area contributed by atoms with Gasteiger partial charge in [-0.05, 0) is 97.3 Å². The van der Waals surface area contributed by atoms with Crippen LogP contribution in [0, 0.1) is 0 Å². The molecule has 2 nitrogen and oxygen atoms in total. The molecule has 7 aromatic carbocycles. The van der Waals surface area contributed by atoms with Crippen LogP contribution < -0.4 is 4.90 Å². The molecule has 0 amide bonds. The Morgan fingerprint density at radius 2 is 0.925 bits per heavy atom. The Balaban J connectivity index is 1.36. The molecule has 1 aromatic heterocycles. The molecule has 8 aromatic rings. The number of para-hydroxylation sites is 1. The van der Waals surface area contributed by atoms with Crippen molar-refractivity contribution in [1.82, 2.24) is 0 Å². The SMILES string of the molecule is CC(C)(C)c1ccc(N(c2ccc(C(C)(C)C)cc2)c2cc3c(c4oc5ccccc5c24)-c2ccccc2C32c3ccccc3-c3ccccc32)cc1. The van der Waals surface area contributed by atoms with E-state index in [1.54, 1.807) is 0 Å². The highest BCUT2D eigenvalue weighted by atomic mass is 16.3. The van der Waals surface area contributed by atoms with Crippen molar-refractivity contribution in [3.63, 3.8) is 0 Å². The monoisotopic (exact) mass is 685 g/mol. The molecule has 0 saturated carbocycles. The van der Waals surface area contributed by atoms with Gasteiger partial charge in [-0.25, -0.2) is 0 Å². The summed E-state index contributed by atoms with van der Waals surface area (Å²) in [6, 6.07) is 56.5. The molecule has 0 saturated heterocycles. The zero-order chi connectivity index (χ0) is 36.3. The number of anilines is 3. The van der Waals surface area contributed by atoms with Crippen molar-refractivity contribution in [2.24, 2.45) is 0 Å². The Morgan fingerprint density at radius 1 is 0.472 bits per heavy atom. The van der Waals surface area contributed by atoms with Crippen molar-refractivity contribution in [2.45, 2.75) is 57.8 Å². The number of fused-ring (bicyclic) bond motifs is 14. The van der Waals surface area contributed by atoms with Crippen LogP contribution in [0.5, 0.6) is 0 Å². The molecule has 1 spiro atoms. The highest BCUT2D eigenvalue weighted by Crippen LogP contribution is 2.65. The van der Waals surface area contributed by atoms with E-state index >= 15 is 0 Å². The summed E-state index contributed by atoms with van der Waals surface area (Å²) in [5, 5.41) is 2.25. The number of hydrogen-bond acceptors (Lipinski definition) is 2. The van der Waals surface area contributed by atoms with Crippen molar-refractivity contribution < 1.29 is 4.42 Å². The zero-order valence-corrected chi connectivity index (χ0v) is 31.3. The van der Waals surface area contributed by atoms with Crippen LogP contribution in [0.2, 0.25) is 0 Å². The zero-order valence-electron chi connectivity index (χ0n) is 31.3. The van der Waals surface area contributed by atoms with Gasteiger partial charge in [0.25, 0.3) is 0 Å². The summed E-state index contributed by atoms with van der Waals surface area (Å²) in [5.41, 5.74) is 17.6. The third-order valence-corrected chi connectivity index (χ3v) is 11.8. The minimum atomic E-state index is -0.501. The number of hydrogen-bond donors (Lipinski definition) is 0. The van der Waals surface area contributed by atoms with Crippen molar-refractivity contribution in [3.8, 4) is 22.3 Å². The summed E-state index contributed by atoms with van der Waals surface area (Å²) in [7, 11) is 0. The van der Waals surface area contributed by atoms with Crippen molar-refractivity contribution >= 4 is 39.0 Å². The lowest BCUT2D eigenvalue weighted by molar-refractivity contribution is 0.590. The van der Waals surface area contributed by atoms with Crippen LogP contribution in [0.1, 0.15) is 74.9 Å². The molecule has 0 N–H and O–H groups in total. The van der Waals surface area contributed by atoms with Crippen molar-refractivity contribution in [2.75, 3.05) is 4.90 Å². The van der Waals surface area contributed by atoms with Gasteiger partial charge in [-0.2, -0.15) is 0 Å². The fourth-order valence-corrected chi connectivity index (χ4v) is 9.26. The van der Waals surface area contributed by atoms with E-state index in [1.165, 1.54) is 55.6 Å². The van der Waals surface area contributed by atoms with Gasteiger partial charge in [-0.3, -0.25) is 0 Å². The van der Waals surface area contributed by atoms with E-state index in [2.05, 4.69) is 198 Å². The lowest BCUT2D eigenvalue weighted by Crippen LogP contribution is -2.26. The molecule has 1 heterocycles. The van der Waals surface area contributed by atoms with Crippen LogP contribution in [0.3, 0.4) is 0 Å². The molecule has 258 valence electrons. The average Bonchev–Trinajstić information content (AvgIpc) is 3.79. The van der Waals surface area contributed by atoms with E-state index < -0.39 is 5.41 Å². The fourth-order valence-electron chi connectivity index (χ4n) is 9.26. The predicted octanol–water partition coefficient (Wildman–Crippen LogP) is 14.0. The molecular weight excluding hydrogens is 643 g/mol. The van der Waals surface area contributed by atoms with E-state index in [0.29, 0.717) is 0 Å². The number of furan rings is 1. The van der Waals surface area contributed by atoms with E-state index in [0.717, 1.165) is 39.0 Å². The molecule has 0 atom stereocenters. The van der Waals surface area contributed by atoms with Gasteiger partial charge in [0.1, 0.15) is 11.2 Å². The molecule has 2 aliphatic carbocycles. The lowest BCUT2D eigenvalue weighted by atomic mass is 9.70. The quantitative estimate of drug-likeness (QED) is 0.184. The molecule has 0 unspecified atom stereocenters. The third kappa shape index (κ3) is 4.45. The maximum Gasteiger partial charge on any atom is 0.145 e. The standard InChI is InChI=1S/C51H43NO/c1-49(2,3)32-23-27-34(28-24-32)52(35-29-25-33(26-30-35)50(4,5)6)44-31-43-46(48-47(44)39-18-10-14-22-45(39)53-48)38-17-9-13-21-42(38)51(43)40-19-11-7-15-36(40)37-16-8-12-20-41(37)51/h7-31H,1-6H3. The van der Waals surface area contributed by atoms with Crippen LogP contribution in [0.25, 0.3) is 44.2 Å². The van der Waals surface area contributed by atoms with Crippen LogP contribution in [0.15, 0.2) is 156 Å². The molecule has 0 radical (unpaired) electrons. The number of rotatable bonds is 3. The van der Waals surface area contributed by atoms with Crippen molar-refractivity contribution in [3.05, 3.63) is 185 Å². The van der Waals surface area contributed by atoms with E-state index in [1.807, 2.05) is 0 Å². The molecule has 10 rings (SSSR count). The van der Waals surface area contributed by atoms with Crippen LogP contribution in [-0.2, 0) is 16.2 Å². The normalized spacial score (nSPS) is 14.0. The van der Waals surface area contributed by atoms with Gasteiger partial charge in [-0.1, -0.05) is 157 Å². The predicted molar refractivity (Wildman–Crippen MR) is 222 cm³/mol. The molecule has 0 fully saturated rings. The Bertz CT molecular complexity index is 2630. The average molecular weight is 686 g/mol. The Kier molecular flexibility index (Phi) is 6.65. The first kappa shape index (κ1) is 31.8. The maximum absolute atomic E-state index is 7.09. The highest BCUT2D eigenvalue weighted by Gasteiger charge is 2.53. The van der Waals surface area contributed by atoms with Gasteiger partial charge in [0.2, 0.25) is 0 Å². The molecule has 2 heteroatoms. The first-order valence-corrected chi connectivity index (χ1v) is 18.9. The third-order valence-electron chi connectivity index (χ3n) is 11.8. The Labute approximate surface area is 312 Å². The molecular formula is C51H43NO. The summed E-state index contributed by atoms with van der Waals surface area (Å²) in [6.07, 6.45) is 0. The molecule has 0 aliphatic heterocycles. The van der Waals surface area contributed by atoms with Crippen molar-refractivity contribution in [1.29, 1.82) is 0 Å². The first-order valence-electron chi connectivity index (χ1n) is 18.9. The van der Waals surface area contributed by atoms with Gasteiger partial charge in [0, 0.05) is 22.3 Å². The van der Waals surface area contributed by atoms with Crippen LogP contribution in [0.4, 0.5) is 17.1 Å². The van der Waals surface area contributed by atoms with E-state index in [-0.39, 0.29) is 10.8 Å². The fraction of sp³-hybridized carbons (Fsp3) is 0.176. The molecule has 0 bridgehead atoms. The number of benzene rings is 7. The van der Waals surface area contributed by atoms with Gasteiger partial charge in [0.05, 0.1) is 16.5 Å². The second-order valence-corrected chi connectivity index (χ2v) is 16.9. The molecule has 53 heavy (non-hydrogen) atoms. The minimum Gasteiger partial charge on any atom is -0.455 e. The smallest absolute Gasteiger partial charge is 0.145 e. The van der Waals surface area contributed by atoms with Gasteiger partial charge in [-0.15, -0.1) is 0 Å². The summed E-state index contributed by atoms with van der Waals surface area (Å²) in [5.74, 6) is 0. The minimum absolute atomic E-state index is 0.0424. The second-order valence-electron chi connectivity index (χ2n) is 16.9. The number of nitrogens with zero attached hydrogens (tertiary/aromatic N) is 1. The van der Waals surface area contributed by atoms with Gasteiger partial charge in [0.15, 0.2) is 0 Å². The summed E-state index contributed by atoms with van der Waals surface area (Å²) >= 11 is 0. The van der Waals surface area contributed by atoms with Crippen LogP contribution in [-0.4, -0.2) is 0 Å². The van der Waals surface area contributed by atoms with E-state index in [4.69, 9.17) is 4.42 Å². The Hall–Kier alpha value is -5.86. The highest BCUT2D eigenvalue weighted by molar-refractivity contribution is 6.19.